The minimum absolute atomic E-state index is 0.176. The van der Waals surface area contributed by atoms with Gasteiger partial charge >= 0.3 is 0 Å². The highest BCUT2D eigenvalue weighted by atomic mass is 16.5. The van der Waals surface area contributed by atoms with Crippen LogP contribution in [0.2, 0.25) is 0 Å². The summed E-state index contributed by atoms with van der Waals surface area (Å²) in [6.45, 7) is 3.67. The molecule has 1 atom stereocenters. The zero-order valence-electron chi connectivity index (χ0n) is 11.3. The van der Waals surface area contributed by atoms with Crippen LogP contribution in [0.3, 0.4) is 0 Å². The van der Waals surface area contributed by atoms with Crippen LogP contribution in [0.5, 0.6) is 0 Å². The Balaban J connectivity index is 1.97. The summed E-state index contributed by atoms with van der Waals surface area (Å²) in [7, 11) is 1.68. The van der Waals surface area contributed by atoms with E-state index >= 15 is 0 Å². The van der Waals surface area contributed by atoms with E-state index in [2.05, 4.69) is 22.4 Å². The number of ether oxygens (including phenoxy) is 1. The zero-order chi connectivity index (χ0) is 13.5. The second-order valence-corrected chi connectivity index (χ2v) is 4.30. The Kier molecular flexibility index (Phi) is 5.11. The van der Waals surface area contributed by atoms with E-state index in [0.29, 0.717) is 30.5 Å². The summed E-state index contributed by atoms with van der Waals surface area (Å²) in [5, 5.41) is 7.29. The van der Waals surface area contributed by atoms with Gasteiger partial charge in [0, 0.05) is 19.6 Å². The van der Waals surface area contributed by atoms with Crippen molar-refractivity contribution in [2.24, 2.45) is 0 Å². The molecule has 6 heteroatoms. The maximum atomic E-state index is 5.23. The smallest absolute Gasteiger partial charge is 0.238 e. The quantitative estimate of drug-likeness (QED) is 0.785. The summed E-state index contributed by atoms with van der Waals surface area (Å²) in [4.78, 5) is 4.32. The molecule has 2 aromatic heterocycles. The van der Waals surface area contributed by atoms with Crippen molar-refractivity contribution >= 4 is 0 Å². The highest BCUT2D eigenvalue weighted by molar-refractivity contribution is 5.44. The predicted octanol–water partition coefficient (Wildman–Crippen LogP) is 1.89. The van der Waals surface area contributed by atoms with Gasteiger partial charge in [-0.15, -0.1) is 0 Å². The van der Waals surface area contributed by atoms with Gasteiger partial charge in [0.15, 0.2) is 5.76 Å². The fourth-order valence-corrected chi connectivity index (χ4v) is 1.79. The van der Waals surface area contributed by atoms with E-state index < -0.39 is 0 Å². The van der Waals surface area contributed by atoms with Gasteiger partial charge in [0.05, 0.1) is 12.9 Å². The van der Waals surface area contributed by atoms with Gasteiger partial charge in [0.2, 0.25) is 11.7 Å². The van der Waals surface area contributed by atoms with Crippen LogP contribution in [0.4, 0.5) is 0 Å². The van der Waals surface area contributed by atoms with E-state index in [1.165, 1.54) is 0 Å². The molecule has 0 saturated carbocycles. The summed E-state index contributed by atoms with van der Waals surface area (Å²) < 4.78 is 15.6. The minimum atomic E-state index is 0.176. The van der Waals surface area contributed by atoms with Crippen LogP contribution in [0.25, 0.3) is 11.6 Å². The first-order valence-electron chi connectivity index (χ1n) is 6.42. The molecule has 1 unspecified atom stereocenters. The Morgan fingerprint density at radius 3 is 3.05 bits per heavy atom. The standard InChI is InChI=1S/C13H19N3O3/c1-3-6-14-10(9-17-2)8-12-15-13(16-19-12)11-5-4-7-18-11/h4-5,7,10,14H,3,6,8-9H2,1-2H3. The largest absolute Gasteiger partial charge is 0.461 e. The second kappa shape index (κ2) is 7.06. The number of rotatable bonds is 8. The van der Waals surface area contributed by atoms with Crippen molar-refractivity contribution in [3.63, 3.8) is 0 Å². The van der Waals surface area contributed by atoms with Crippen molar-refractivity contribution in [3.8, 4) is 11.6 Å². The van der Waals surface area contributed by atoms with Crippen LogP contribution < -0.4 is 5.32 Å². The minimum Gasteiger partial charge on any atom is -0.461 e. The Hall–Kier alpha value is -1.66. The van der Waals surface area contributed by atoms with E-state index in [-0.39, 0.29) is 6.04 Å². The number of nitrogens with zero attached hydrogens (tertiary/aromatic N) is 2. The van der Waals surface area contributed by atoms with Crippen LogP contribution in [-0.2, 0) is 11.2 Å². The molecule has 19 heavy (non-hydrogen) atoms. The molecule has 0 saturated heterocycles. The molecule has 0 radical (unpaired) electrons. The SMILES string of the molecule is CCCNC(COC)Cc1nc(-c2ccco2)no1. The summed E-state index contributed by atoms with van der Waals surface area (Å²) in [5.41, 5.74) is 0. The van der Waals surface area contributed by atoms with E-state index in [4.69, 9.17) is 13.7 Å². The van der Waals surface area contributed by atoms with Crippen LogP contribution >= 0.6 is 0 Å². The van der Waals surface area contributed by atoms with Gasteiger partial charge in [-0.05, 0) is 25.1 Å². The lowest BCUT2D eigenvalue weighted by molar-refractivity contribution is 0.161. The zero-order valence-corrected chi connectivity index (χ0v) is 11.3. The molecule has 1 N–H and O–H groups in total. The molecule has 0 aliphatic carbocycles. The highest BCUT2D eigenvalue weighted by Crippen LogP contribution is 2.16. The molecule has 0 aromatic carbocycles. The third-order valence-corrected chi connectivity index (χ3v) is 2.68. The number of hydrogen-bond donors (Lipinski definition) is 1. The first-order chi connectivity index (χ1) is 9.33. The van der Waals surface area contributed by atoms with E-state index in [0.717, 1.165) is 13.0 Å². The Morgan fingerprint density at radius 2 is 2.37 bits per heavy atom. The van der Waals surface area contributed by atoms with Crippen molar-refractivity contribution in [3.05, 3.63) is 24.3 Å². The first-order valence-corrected chi connectivity index (χ1v) is 6.42. The molecule has 104 valence electrons. The average Bonchev–Trinajstić information content (AvgIpc) is 3.06. The summed E-state index contributed by atoms with van der Waals surface area (Å²) in [5.74, 6) is 1.67. The van der Waals surface area contributed by atoms with Crippen molar-refractivity contribution in [1.82, 2.24) is 15.5 Å². The Bertz CT molecular complexity index is 467. The number of hydrogen-bond acceptors (Lipinski definition) is 6. The molecule has 0 aliphatic rings. The van der Waals surface area contributed by atoms with Gasteiger partial charge in [-0.3, -0.25) is 0 Å². The van der Waals surface area contributed by atoms with Crippen molar-refractivity contribution in [1.29, 1.82) is 0 Å². The third kappa shape index (κ3) is 3.90. The molecule has 0 amide bonds. The van der Waals surface area contributed by atoms with Crippen molar-refractivity contribution < 1.29 is 13.7 Å². The van der Waals surface area contributed by atoms with Crippen LogP contribution in [0.1, 0.15) is 19.2 Å². The molecule has 0 spiro atoms. The number of furan rings is 1. The summed E-state index contributed by atoms with van der Waals surface area (Å²) in [6.07, 6.45) is 3.30. The lowest BCUT2D eigenvalue weighted by Crippen LogP contribution is -2.35. The van der Waals surface area contributed by atoms with Crippen molar-refractivity contribution in [2.45, 2.75) is 25.8 Å². The molecule has 0 bridgehead atoms. The average molecular weight is 265 g/mol. The first kappa shape index (κ1) is 13.8. The van der Waals surface area contributed by atoms with Gasteiger partial charge in [-0.2, -0.15) is 4.98 Å². The molecule has 2 rings (SSSR count). The monoisotopic (exact) mass is 265 g/mol. The van der Waals surface area contributed by atoms with Crippen LogP contribution in [0.15, 0.2) is 27.3 Å². The number of nitrogens with one attached hydrogen (secondary N) is 1. The van der Waals surface area contributed by atoms with E-state index in [1.807, 2.05) is 0 Å². The molecular formula is C13H19N3O3. The van der Waals surface area contributed by atoms with Crippen LogP contribution in [-0.4, -0.2) is 36.4 Å². The normalized spacial score (nSPS) is 12.7. The lowest BCUT2D eigenvalue weighted by atomic mass is 10.2. The third-order valence-electron chi connectivity index (χ3n) is 2.68. The van der Waals surface area contributed by atoms with Gasteiger partial charge < -0.3 is 19.0 Å². The summed E-state index contributed by atoms with van der Waals surface area (Å²) in [6, 6.07) is 3.77. The fourth-order valence-electron chi connectivity index (χ4n) is 1.79. The second-order valence-electron chi connectivity index (χ2n) is 4.30. The number of methoxy groups -OCH3 is 1. The maximum Gasteiger partial charge on any atom is 0.238 e. The maximum absolute atomic E-state index is 5.23. The van der Waals surface area contributed by atoms with Crippen LogP contribution in [0, 0.1) is 0 Å². The van der Waals surface area contributed by atoms with Gasteiger partial charge in [0.25, 0.3) is 0 Å². The molecule has 0 aliphatic heterocycles. The molecule has 0 fully saturated rings. The van der Waals surface area contributed by atoms with Gasteiger partial charge in [0.1, 0.15) is 0 Å². The molecule has 2 heterocycles. The van der Waals surface area contributed by atoms with E-state index in [9.17, 15) is 0 Å². The highest BCUT2D eigenvalue weighted by Gasteiger charge is 2.15. The summed E-state index contributed by atoms with van der Waals surface area (Å²) >= 11 is 0. The number of aromatic nitrogens is 2. The lowest BCUT2D eigenvalue weighted by Gasteiger charge is -2.15. The molecule has 6 nitrogen and oxygen atoms in total. The van der Waals surface area contributed by atoms with E-state index in [1.54, 1.807) is 25.5 Å². The Labute approximate surface area is 112 Å². The Morgan fingerprint density at radius 1 is 1.47 bits per heavy atom. The van der Waals surface area contributed by atoms with Crippen molar-refractivity contribution in [2.75, 3.05) is 20.3 Å². The molecular weight excluding hydrogens is 246 g/mol. The fraction of sp³-hybridized carbons (Fsp3) is 0.538. The van der Waals surface area contributed by atoms with Gasteiger partial charge in [-0.25, -0.2) is 0 Å². The topological polar surface area (TPSA) is 73.3 Å². The van der Waals surface area contributed by atoms with Gasteiger partial charge in [-0.1, -0.05) is 12.1 Å². The predicted molar refractivity (Wildman–Crippen MR) is 69.7 cm³/mol. The molecule has 2 aromatic rings.